The number of halogens is 2. The fourth-order valence-electron chi connectivity index (χ4n) is 2.82. The van der Waals surface area contributed by atoms with Crippen LogP contribution in [0.15, 0.2) is 18.2 Å². The molecular formula is C14H15ClIN3O. The van der Waals surface area contributed by atoms with Crippen molar-refractivity contribution < 1.29 is 4.79 Å². The molecule has 106 valence electrons. The number of nitrogens with zero attached hydrogens (tertiary/aromatic N) is 3. The van der Waals surface area contributed by atoms with E-state index in [1.54, 1.807) is 4.90 Å². The Hall–Kier alpha value is -0.820. The van der Waals surface area contributed by atoms with Crippen LogP contribution >= 0.6 is 34.2 Å². The summed E-state index contributed by atoms with van der Waals surface area (Å²) in [5.41, 5.74) is 2.08. The van der Waals surface area contributed by atoms with Crippen LogP contribution in [0, 0.1) is 3.57 Å². The van der Waals surface area contributed by atoms with Crippen LogP contribution in [-0.4, -0.2) is 34.0 Å². The van der Waals surface area contributed by atoms with E-state index in [1.165, 1.54) is 0 Å². The molecule has 1 aromatic heterocycles. The Labute approximate surface area is 136 Å². The molecule has 3 rings (SSSR count). The average molecular weight is 404 g/mol. The highest BCUT2D eigenvalue weighted by atomic mass is 127. The van der Waals surface area contributed by atoms with Crippen molar-refractivity contribution in [3.05, 3.63) is 27.6 Å². The lowest BCUT2D eigenvalue weighted by Crippen LogP contribution is -2.38. The zero-order valence-corrected chi connectivity index (χ0v) is 14.1. The summed E-state index contributed by atoms with van der Waals surface area (Å²) < 4.78 is 3.37. The van der Waals surface area contributed by atoms with Gasteiger partial charge in [0.05, 0.1) is 23.0 Å². The van der Waals surface area contributed by atoms with Crippen molar-refractivity contribution in [1.82, 2.24) is 14.5 Å². The molecule has 0 spiro atoms. The van der Waals surface area contributed by atoms with Gasteiger partial charge >= 0.3 is 0 Å². The highest BCUT2D eigenvalue weighted by Gasteiger charge is 2.27. The first-order valence-corrected chi connectivity index (χ1v) is 8.17. The summed E-state index contributed by atoms with van der Waals surface area (Å²) >= 11 is 8.35. The number of piperidine rings is 1. The largest absolute Gasteiger partial charge is 0.344 e. The molecule has 0 radical (unpaired) electrons. The van der Waals surface area contributed by atoms with Crippen LogP contribution in [0.25, 0.3) is 11.0 Å². The van der Waals surface area contributed by atoms with Gasteiger partial charge in [0, 0.05) is 23.6 Å². The van der Waals surface area contributed by atoms with Gasteiger partial charge in [-0.05, 0) is 47.2 Å². The van der Waals surface area contributed by atoms with E-state index in [1.807, 2.05) is 7.05 Å². The maximum Gasteiger partial charge on any atom is 0.222 e. The van der Waals surface area contributed by atoms with Crippen molar-refractivity contribution in [1.29, 1.82) is 0 Å². The summed E-state index contributed by atoms with van der Waals surface area (Å²) in [6, 6.07) is 6.50. The molecule has 1 aliphatic heterocycles. The van der Waals surface area contributed by atoms with Crippen LogP contribution in [0.2, 0.25) is 0 Å². The molecule has 0 bridgehead atoms. The molecule has 0 aliphatic carbocycles. The van der Waals surface area contributed by atoms with E-state index >= 15 is 0 Å². The monoisotopic (exact) mass is 403 g/mol. The number of benzene rings is 1. The molecule has 1 aromatic carbocycles. The van der Waals surface area contributed by atoms with E-state index in [0.29, 0.717) is 12.3 Å². The summed E-state index contributed by atoms with van der Waals surface area (Å²) in [5.74, 6) is 1.49. The van der Waals surface area contributed by atoms with Gasteiger partial charge in [-0.2, -0.15) is 0 Å². The van der Waals surface area contributed by atoms with Crippen molar-refractivity contribution in [2.75, 3.05) is 13.6 Å². The van der Waals surface area contributed by atoms with E-state index in [-0.39, 0.29) is 11.9 Å². The molecule has 0 N–H and O–H groups in total. The van der Waals surface area contributed by atoms with E-state index in [9.17, 15) is 4.79 Å². The minimum absolute atomic E-state index is 0.215. The molecule has 0 saturated carbocycles. The number of alkyl halides is 1. The molecule has 1 saturated heterocycles. The van der Waals surface area contributed by atoms with Gasteiger partial charge in [-0.15, -0.1) is 11.6 Å². The molecule has 20 heavy (non-hydrogen) atoms. The second-order valence-electron chi connectivity index (χ2n) is 5.13. The molecule has 1 amide bonds. The number of hydrogen-bond donors (Lipinski definition) is 0. The first kappa shape index (κ1) is 14.1. The number of carbonyl (C=O) groups excluding carboxylic acids is 1. The predicted octanol–water partition coefficient (Wildman–Crippen LogP) is 3.17. The topological polar surface area (TPSA) is 38.1 Å². The van der Waals surface area contributed by atoms with Crippen LogP contribution in [-0.2, 0) is 10.7 Å². The van der Waals surface area contributed by atoms with E-state index < -0.39 is 0 Å². The number of likely N-dealkylation sites (tertiary alicyclic amines) is 1. The van der Waals surface area contributed by atoms with Crippen molar-refractivity contribution in [3.8, 4) is 0 Å². The molecule has 1 unspecified atom stereocenters. The van der Waals surface area contributed by atoms with Gasteiger partial charge < -0.3 is 9.47 Å². The first-order valence-electron chi connectivity index (χ1n) is 6.56. The Balaban J connectivity index is 2.07. The number of amides is 1. The van der Waals surface area contributed by atoms with Gasteiger partial charge in [0.1, 0.15) is 5.82 Å². The Morgan fingerprint density at radius 2 is 2.30 bits per heavy atom. The molecule has 1 aliphatic rings. The van der Waals surface area contributed by atoms with Gasteiger partial charge in [0.2, 0.25) is 5.91 Å². The molecule has 1 fully saturated rings. The highest BCUT2D eigenvalue weighted by molar-refractivity contribution is 14.1. The third kappa shape index (κ3) is 2.41. The first-order chi connectivity index (χ1) is 9.60. The van der Waals surface area contributed by atoms with E-state index in [0.717, 1.165) is 33.4 Å². The lowest BCUT2D eigenvalue weighted by atomic mass is 10.1. The molecule has 6 heteroatoms. The van der Waals surface area contributed by atoms with Crippen molar-refractivity contribution in [2.24, 2.45) is 0 Å². The summed E-state index contributed by atoms with van der Waals surface area (Å²) in [7, 11) is 1.86. The number of aromatic nitrogens is 2. The van der Waals surface area contributed by atoms with Gasteiger partial charge in [-0.3, -0.25) is 4.79 Å². The van der Waals surface area contributed by atoms with Gasteiger partial charge in [0.25, 0.3) is 0 Å². The lowest BCUT2D eigenvalue weighted by Gasteiger charge is -2.31. The molecule has 2 heterocycles. The standard InChI is InChI=1S/C14H15ClIN3O/c1-18-8-10(3-5-14(18)20)19-12-4-2-9(16)6-11(12)17-13(19)7-15/h2,4,6,10H,3,5,7-8H2,1H3. The number of likely N-dealkylation sites (N-methyl/N-ethyl adjacent to an activating group) is 1. The Bertz CT molecular complexity index is 670. The smallest absolute Gasteiger partial charge is 0.222 e. The number of imidazole rings is 1. The minimum atomic E-state index is 0.215. The zero-order chi connectivity index (χ0) is 14.3. The molecule has 1 atom stereocenters. The normalized spacial score (nSPS) is 19.9. The van der Waals surface area contributed by atoms with E-state index in [2.05, 4.69) is 50.3 Å². The third-order valence-electron chi connectivity index (χ3n) is 3.81. The maximum atomic E-state index is 11.6. The maximum absolute atomic E-state index is 11.6. The summed E-state index contributed by atoms with van der Waals surface area (Å²) in [5, 5.41) is 0. The van der Waals surface area contributed by atoms with Crippen LogP contribution < -0.4 is 0 Å². The third-order valence-corrected chi connectivity index (χ3v) is 4.72. The number of carbonyl (C=O) groups is 1. The van der Waals surface area contributed by atoms with Gasteiger partial charge in [-0.1, -0.05) is 0 Å². The quantitative estimate of drug-likeness (QED) is 0.571. The number of fused-ring (bicyclic) bond motifs is 1. The molecular weight excluding hydrogens is 389 g/mol. The lowest BCUT2D eigenvalue weighted by molar-refractivity contribution is -0.132. The molecule has 4 nitrogen and oxygen atoms in total. The average Bonchev–Trinajstić information content (AvgIpc) is 2.79. The predicted molar refractivity (Wildman–Crippen MR) is 87.9 cm³/mol. The number of rotatable bonds is 2. The minimum Gasteiger partial charge on any atom is -0.344 e. The molecule has 2 aromatic rings. The Morgan fingerprint density at radius 3 is 3.00 bits per heavy atom. The SMILES string of the molecule is CN1CC(n2c(CCl)nc3cc(I)ccc32)CCC1=O. The Morgan fingerprint density at radius 1 is 1.50 bits per heavy atom. The highest BCUT2D eigenvalue weighted by Crippen LogP contribution is 2.29. The van der Waals surface area contributed by atoms with Crippen molar-refractivity contribution in [3.63, 3.8) is 0 Å². The Kier molecular flexibility index (Phi) is 3.90. The number of hydrogen-bond acceptors (Lipinski definition) is 2. The van der Waals surface area contributed by atoms with E-state index in [4.69, 9.17) is 11.6 Å². The fourth-order valence-corrected chi connectivity index (χ4v) is 3.49. The summed E-state index contributed by atoms with van der Waals surface area (Å²) in [6.45, 7) is 0.722. The summed E-state index contributed by atoms with van der Waals surface area (Å²) in [6.07, 6.45) is 1.44. The second-order valence-corrected chi connectivity index (χ2v) is 6.64. The van der Waals surface area contributed by atoms with Crippen molar-refractivity contribution in [2.45, 2.75) is 24.8 Å². The van der Waals surface area contributed by atoms with Crippen molar-refractivity contribution >= 4 is 51.1 Å². The van der Waals surface area contributed by atoms with Crippen LogP contribution in [0.5, 0.6) is 0 Å². The summed E-state index contributed by atoms with van der Waals surface area (Å²) in [4.78, 5) is 18.1. The zero-order valence-electron chi connectivity index (χ0n) is 11.1. The van der Waals surface area contributed by atoms with Gasteiger partial charge in [0.15, 0.2) is 0 Å². The van der Waals surface area contributed by atoms with Crippen LogP contribution in [0.1, 0.15) is 24.7 Å². The second kappa shape index (κ2) is 5.52. The van der Waals surface area contributed by atoms with Crippen LogP contribution in [0.3, 0.4) is 0 Å². The fraction of sp³-hybridized carbons (Fsp3) is 0.429. The van der Waals surface area contributed by atoms with Crippen LogP contribution in [0.4, 0.5) is 0 Å². The van der Waals surface area contributed by atoms with Gasteiger partial charge in [-0.25, -0.2) is 4.98 Å².